The van der Waals surface area contributed by atoms with Crippen molar-refractivity contribution < 1.29 is 18.1 Å². The molecule has 0 atom stereocenters. The summed E-state index contributed by atoms with van der Waals surface area (Å²) in [6.07, 6.45) is 3.53. The van der Waals surface area contributed by atoms with Gasteiger partial charge in [-0.1, -0.05) is 41.6 Å². The molecule has 7 rings (SSSR count). The number of nitrogens with zero attached hydrogens (tertiary/aromatic N) is 9. The van der Waals surface area contributed by atoms with Crippen molar-refractivity contribution >= 4 is 5.78 Å². The van der Waals surface area contributed by atoms with Gasteiger partial charge in [-0.05, 0) is 24.3 Å². The number of rotatable bonds is 8. The monoisotopic (exact) mass is 651 g/mol. The summed E-state index contributed by atoms with van der Waals surface area (Å²) in [5.74, 6) is -0.589. The SMILES string of the molecule is CC(=O)c1cc(-c2nncc(=O)[nH]2)nn1Cc1ccccc1F.O=c1cnnc(-c2cc(-c3ccon3)n(Cc3ccccc3F)n2)[nH]1. The Kier molecular flexibility index (Phi) is 8.90. The Labute approximate surface area is 267 Å². The van der Waals surface area contributed by atoms with Crippen molar-refractivity contribution in [3.05, 3.63) is 135 Å². The third-order valence-corrected chi connectivity index (χ3v) is 6.81. The van der Waals surface area contributed by atoms with Gasteiger partial charge in [0.2, 0.25) is 0 Å². The summed E-state index contributed by atoms with van der Waals surface area (Å²) in [4.78, 5) is 39.6. The number of carbonyl (C=O) groups excluding carboxylic acids is 1. The average molecular weight is 652 g/mol. The molecule has 0 saturated carbocycles. The highest BCUT2D eigenvalue weighted by atomic mass is 19.1. The fraction of sp³-hybridized carbons (Fsp3) is 0.0968. The zero-order chi connectivity index (χ0) is 33.6. The van der Waals surface area contributed by atoms with Gasteiger partial charge in [0.25, 0.3) is 11.1 Å². The fourth-order valence-corrected chi connectivity index (χ4v) is 4.57. The van der Waals surface area contributed by atoms with Gasteiger partial charge in [-0.25, -0.2) is 8.78 Å². The number of Topliss-reactive ketones (excluding diaryl/α,β-unsaturated/α-hetero) is 1. The number of carbonyl (C=O) groups is 1. The molecule has 0 radical (unpaired) electrons. The first-order chi connectivity index (χ1) is 23.2. The summed E-state index contributed by atoms with van der Waals surface area (Å²) in [6.45, 7) is 1.66. The van der Waals surface area contributed by atoms with Crippen LogP contribution >= 0.6 is 0 Å². The molecule has 0 bridgehead atoms. The van der Waals surface area contributed by atoms with Gasteiger partial charge in [0.05, 0.1) is 18.8 Å². The Morgan fingerprint density at radius 2 is 1.29 bits per heavy atom. The van der Waals surface area contributed by atoms with Crippen LogP contribution in [0, 0.1) is 11.6 Å². The zero-order valence-corrected chi connectivity index (χ0v) is 24.9. The maximum absolute atomic E-state index is 14.0. The maximum atomic E-state index is 14.0. The minimum Gasteiger partial charge on any atom is -0.364 e. The molecule has 0 spiro atoms. The lowest BCUT2D eigenvalue weighted by Crippen LogP contribution is -2.11. The minimum absolute atomic E-state index is 0.0894. The number of H-pyrrole nitrogens is 2. The second kappa shape index (κ2) is 13.7. The predicted molar refractivity (Wildman–Crippen MR) is 164 cm³/mol. The van der Waals surface area contributed by atoms with Crippen LogP contribution in [-0.2, 0) is 13.1 Å². The molecule has 2 aromatic carbocycles. The van der Waals surface area contributed by atoms with E-state index < -0.39 is 11.1 Å². The molecule has 0 unspecified atom stereocenters. The van der Waals surface area contributed by atoms with E-state index in [1.807, 2.05) is 0 Å². The molecular weight excluding hydrogens is 628 g/mol. The van der Waals surface area contributed by atoms with Gasteiger partial charge in [-0.3, -0.25) is 23.7 Å². The van der Waals surface area contributed by atoms with Gasteiger partial charge in [0.15, 0.2) is 17.4 Å². The summed E-state index contributed by atoms with van der Waals surface area (Å²) in [7, 11) is 0. The largest absolute Gasteiger partial charge is 0.364 e. The Balaban J connectivity index is 0.000000168. The lowest BCUT2D eigenvalue weighted by molar-refractivity contribution is 0.100. The average Bonchev–Trinajstić information content (AvgIpc) is 3.84. The van der Waals surface area contributed by atoms with Gasteiger partial charge in [0.1, 0.15) is 53.1 Å². The molecule has 0 aliphatic carbocycles. The molecule has 0 amide bonds. The fourth-order valence-electron chi connectivity index (χ4n) is 4.57. The van der Waals surface area contributed by atoms with E-state index in [4.69, 9.17) is 4.52 Å². The highest BCUT2D eigenvalue weighted by Crippen LogP contribution is 2.24. The van der Waals surface area contributed by atoms with Crippen LogP contribution in [0.15, 0.2) is 99.5 Å². The molecule has 0 aliphatic heterocycles. The molecular formula is C31H23F2N11O4. The predicted octanol–water partition coefficient (Wildman–Crippen LogP) is 3.29. The van der Waals surface area contributed by atoms with Crippen molar-refractivity contribution in [2.24, 2.45) is 0 Å². The Hall–Kier alpha value is -6.78. The van der Waals surface area contributed by atoms with E-state index in [9.17, 15) is 23.2 Å². The number of benzene rings is 2. The molecule has 0 aliphatic rings. The number of aromatic nitrogens is 11. The number of nitrogens with one attached hydrogen (secondary N) is 2. The number of halogens is 2. The van der Waals surface area contributed by atoms with E-state index >= 15 is 0 Å². The highest BCUT2D eigenvalue weighted by molar-refractivity contribution is 5.93. The van der Waals surface area contributed by atoms with Gasteiger partial charge < -0.3 is 14.5 Å². The molecule has 240 valence electrons. The molecule has 17 heteroatoms. The third-order valence-electron chi connectivity index (χ3n) is 6.81. The first kappa shape index (κ1) is 31.2. The van der Waals surface area contributed by atoms with E-state index in [2.05, 4.69) is 45.7 Å². The molecule has 7 aromatic rings. The third kappa shape index (κ3) is 7.04. The topological polar surface area (TPSA) is 196 Å². The standard InChI is InChI=1S/C16H11FN6O2.C15H12FN5O2/c17-11-4-2-1-3-10(11)9-23-14(12-5-6-25-22-12)7-13(21-23)16-19-15(24)8-18-20-16;1-9(22)13-6-12(15-18-14(23)7-17-19-15)20-21(13)8-10-4-2-3-5-11(10)16/h1-8H,9H2,(H,19,20,24);2-7H,8H2,1H3,(H,18,19,23). The summed E-state index contributed by atoms with van der Waals surface area (Å²) in [5.41, 5.74) is 2.14. The first-order valence-electron chi connectivity index (χ1n) is 14.1. The molecule has 2 N–H and O–H groups in total. The van der Waals surface area contributed by atoms with Crippen molar-refractivity contribution in [3.63, 3.8) is 0 Å². The number of aromatic amines is 2. The van der Waals surface area contributed by atoms with Crippen LogP contribution in [0.5, 0.6) is 0 Å². The van der Waals surface area contributed by atoms with E-state index in [0.717, 1.165) is 12.4 Å². The van der Waals surface area contributed by atoms with Crippen LogP contribution in [0.3, 0.4) is 0 Å². The first-order valence-corrected chi connectivity index (χ1v) is 14.1. The molecule has 0 saturated heterocycles. The molecule has 0 fully saturated rings. The van der Waals surface area contributed by atoms with Gasteiger partial charge in [-0.15, -0.1) is 10.2 Å². The second-order valence-corrected chi connectivity index (χ2v) is 10.1. The van der Waals surface area contributed by atoms with Crippen LogP contribution in [-0.4, -0.2) is 60.9 Å². The molecule has 5 aromatic heterocycles. The van der Waals surface area contributed by atoms with Gasteiger partial charge in [0, 0.05) is 24.1 Å². The normalized spacial score (nSPS) is 10.8. The lowest BCUT2D eigenvalue weighted by atomic mass is 10.2. The van der Waals surface area contributed by atoms with Crippen LogP contribution < -0.4 is 11.1 Å². The maximum Gasteiger partial charge on any atom is 0.269 e. The van der Waals surface area contributed by atoms with Crippen LogP contribution in [0.2, 0.25) is 0 Å². The van der Waals surface area contributed by atoms with Crippen molar-refractivity contribution in [1.82, 2.24) is 55.1 Å². The zero-order valence-electron chi connectivity index (χ0n) is 24.9. The van der Waals surface area contributed by atoms with Gasteiger partial charge >= 0.3 is 0 Å². The lowest BCUT2D eigenvalue weighted by Gasteiger charge is -2.06. The number of hydrogen-bond donors (Lipinski definition) is 2. The number of ketones is 1. The summed E-state index contributed by atoms with van der Waals surface area (Å²) in [6, 6.07) is 17.5. The Morgan fingerprint density at radius 3 is 1.81 bits per heavy atom. The van der Waals surface area contributed by atoms with E-state index in [0.29, 0.717) is 28.2 Å². The smallest absolute Gasteiger partial charge is 0.269 e. The van der Waals surface area contributed by atoms with E-state index in [1.165, 1.54) is 36.1 Å². The van der Waals surface area contributed by atoms with Crippen LogP contribution in [0.25, 0.3) is 34.4 Å². The molecule has 48 heavy (non-hydrogen) atoms. The van der Waals surface area contributed by atoms with Crippen LogP contribution in [0.1, 0.15) is 28.5 Å². The second-order valence-electron chi connectivity index (χ2n) is 10.1. The Bertz CT molecular complexity index is 2330. The van der Waals surface area contributed by atoms with Crippen LogP contribution in [0.4, 0.5) is 8.78 Å². The minimum atomic E-state index is -0.428. The van der Waals surface area contributed by atoms with Crippen molar-refractivity contribution in [2.45, 2.75) is 20.0 Å². The molecule has 5 heterocycles. The Morgan fingerprint density at radius 1 is 0.750 bits per heavy atom. The van der Waals surface area contributed by atoms with E-state index in [1.54, 1.807) is 53.2 Å². The van der Waals surface area contributed by atoms with Crippen molar-refractivity contribution in [2.75, 3.05) is 0 Å². The number of hydrogen-bond acceptors (Lipinski definition) is 11. The molecule has 15 nitrogen and oxygen atoms in total. The summed E-state index contributed by atoms with van der Waals surface area (Å²) in [5, 5.41) is 27.4. The quantitative estimate of drug-likeness (QED) is 0.229. The highest BCUT2D eigenvalue weighted by Gasteiger charge is 2.18. The van der Waals surface area contributed by atoms with Gasteiger partial charge in [-0.2, -0.15) is 20.4 Å². The van der Waals surface area contributed by atoms with Crippen molar-refractivity contribution in [3.8, 4) is 34.4 Å². The summed E-state index contributed by atoms with van der Waals surface area (Å²) >= 11 is 0. The van der Waals surface area contributed by atoms with Crippen molar-refractivity contribution in [1.29, 1.82) is 0 Å². The van der Waals surface area contributed by atoms with E-state index in [-0.39, 0.29) is 53.5 Å². The summed E-state index contributed by atoms with van der Waals surface area (Å²) < 4.78 is 35.6.